The summed E-state index contributed by atoms with van der Waals surface area (Å²) in [6, 6.07) is 9.38. The summed E-state index contributed by atoms with van der Waals surface area (Å²) in [5.74, 6) is -0.0585. The van der Waals surface area contributed by atoms with Crippen molar-refractivity contribution in [1.29, 1.82) is 0 Å². The van der Waals surface area contributed by atoms with Crippen molar-refractivity contribution in [2.75, 3.05) is 13.2 Å². The fourth-order valence-corrected chi connectivity index (χ4v) is 1.93. The summed E-state index contributed by atoms with van der Waals surface area (Å²) < 4.78 is 5.57. The maximum absolute atomic E-state index is 11.5. The molecule has 2 rings (SSSR count). The fraction of sp³-hybridized carbons (Fsp3) is 0.333. The first-order valence-electron chi connectivity index (χ1n) is 6.63. The lowest BCUT2D eigenvalue weighted by atomic mass is 10.1. The molecule has 0 atom stereocenters. The molecule has 0 saturated heterocycles. The summed E-state index contributed by atoms with van der Waals surface area (Å²) in [5, 5.41) is 3.99. The van der Waals surface area contributed by atoms with E-state index in [-0.39, 0.29) is 0 Å². The van der Waals surface area contributed by atoms with Crippen LogP contribution in [0.4, 0.5) is 0 Å². The number of hydrogen-bond acceptors (Lipinski definition) is 4. The maximum atomic E-state index is 11.5. The molecule has 0 fully saturated rings. The number of pyridine rings is 1. The molecular formula is C15H19N3O2. The minimum absolute atomic E-state index is 0.407. The molecule has 20 heavy (non-hydrogen) atoms. The van der Waals surface area contributed by atoms with E-state index in [1.807, 2.05) is 24.3 Å². The summed E-state index contributed by atoms with van der Waals surface area (Å²) >= 11 is 0. The van der Waals surface area contributed by atoms with Gasteiger partial charge in [0.05, 0.1) is 11.1 Å². The van der Waals surface area contributed by atoms with Gasteiger partial charge in [-0.3, -0.25) is 4.79 Å². The van der Waals surface area contributed by atoms with Crippen LogP contribution in [0.1, 0.15) is 24.2 Å². The van der Waals surface area contributed by atoms with Crippen molar-refractivity contribution in [2.45, 2.75) is 19.9 Å². The van der Waals surface area contributed by atoms with Gasteiger partial charge in [-0.2, -0.15) is 0 Å². The highest BCUT2D eigenvalue weighted by molar-refractivity contribution is 6.05. The number of nitrogens with one attached hydrogen (secondary N) is 1. The van der Waals surface area contributed by atoms with Gasteiger partial charge >= 0.3 is 0 Å². The highest BCUT2D eigenvalue weighted by Gasteiger charge is 2.10. The van der Waals surface area contributed by atoms with Crippen LogP contribution >= 0.6 is 0 Å². The molecule has 106 valence electrons. The molecule has 1 aromatic heterocycles. The van der Waals surface area contributed by atoms with Crippen molar-refractivity contribution < 1.29 is 9.53 Å². The van der Waals surface area contributed by atoms with Crippen molar-refractivity contribution in [3.8, 4) is 5.88 Å². The largest absolute Gasteiger partial charge is 0.476 e. The Hall–Kier alpha value is -2.14. The van der Waals surface area contributed by atoms with Gasteiger partial charge in [0.2, 0.25) is 11.8 Å². The minimum Gasteiger partial charge on any atom is -0.476 e. The topological polar surface area (TPSA) is 77.2 Å². The first-order valence-corrected chi connectivity index (χ1v) is 6.63. The van der Waals surface area contributed by atoms with Gasteiger partial charge in [-0.05, 0) is 6.07 Å². The second-order valence-corrected chi connectivity index (χ2v) is 4.85. The van der Waals surface area contributed by atoms with E-state index < -0.39 is 5.91 Å². The molecule has 5 nitrogen and oxygen atoms in total. The van der Waals surface area contributed by atoms with Crippen LogP contribution in [-0.2, 0) is 0 Å². The van der Waals surface area contributed by atoms with Crippen molar-refractivity contribution in [2.24, 2.45) is 5.73 Å². The number of nitrogens with two attached hydrogens (primary N) is 1. The Morgan fingerprint density at radius 3 is 2.85 bits per heavy atom. The van der Waals surface area contributed by atoms with E-state index in [0.29, 0.717) is 29.6 Å². The van der Waals surface area contributed by atoms with E-state index in [2.05, 4.69) is 24.1 Å². The number of primary amides is 1. The van der Waals surface area contributed by atoms with E-state index in [1.165, 1.54) is 0 Å². The van der Waals surface area contributed by atoms with Gasteiger partial charge < -0.3 is 15.8 Å². The Balaban J connectivity index is 2.20. The Labute approximate surface area is 118 Å². The normalized spacial score (nSPS) is 10.9. The summed E-state index contributed by atoms with van der Waals surface area (Å²) in [4.78, 5) is 15.9. The number of benzene rings is 1. The van der Waals surface area contributed by atoms with E-state index in [1.54, 1.807) is 6.07 Å². The third kappa shape index (κ3) is 3.45. The molecule has 0 aliphatic heterocycles. The average molecular weight is 273 g/mol. The van der Waals surface area contributed by atoms with Crippen LogP contribution in [0, 0.1) is 0 Å². The van der Waals surface area contributed by atoms with Gasteiger partial charge in [0.15, 0.2) is 0 Å². The zero-order valence-electron chi connectivity index (χ0n) is 11.7. The molecule has 5 heteroatoms. The molecule has 0 bridgehead atoms. The second kappa shape index (κ2) is 6.34. The zero-order chi connectivity index (χ0) is 14.5. The lowest BCUT2D eigenvalue weighted by molar-refractivity contribution is 0.100. The number of fused-ring (bicyclic) bond motifs is 1. The number of carbonyl (C=O) groups excluding carboxylic acids is 1. The van der Waals surface area contributed by atoms with Gasteiger partial charge in [0.1, 0.15) is 6.61 Å². The third-order valence-electron chi connectivity index (χ3n) is 2.86. The summed E-state index contributed by atoms with van der Waals surface area (Å²) in [7, 11) is 0. The molecule has 1 heterocycles. The minimum atomic E-state index is -0.478. The van der Waals surface area contributed by atoms with Crippen molar-refractivity contribution >= 4 is 16.8 Å². The van der Waals surface area contributed by atoms with E-state index >= 15 is 0 Å². The van der Waals surface area contributed by atoms with Gasteiger partial charge in [-0.1, -0.05) is 32.0 Å². The van der Waals surface area contributed by atoms with Crippen molar-refractivity contribution in [3.05, 3.63) is 35.9 Å². The van der Waals surface area contributed by atoms with E-state index in [0.717, 1.165) is 11.9 Å². The number of ether oxygens (including phenoxy) is 1. The number of amides is 1. The molecule has 1 amide bonds. The van der Waals surface area contributed by atoms with Gasteiger partial charge in [0.25, 0.3) is 0 Å². The third-order valence-corrected chi connectivity index (χ3v) is 2.86. The predicted octanol–water partition coefficient (Wildman–Crippen LogP) is 1.71. The average Bonchev–Trinajstić information content (AvgIpc) is 2.42. The Morgan fingerprint density at radius 1 is 1.40 bits per heavy atom. The Bertz CT molecular complexity index is 611. The van der Waals surface area contributed by atoms with Crippen LogP contribution in [0.2, 0.25) is 0 Å². The lowest BCUT2D eigenvalue weighted by Gasteiger charge is -2.11. The van der Waals surface area contributed by atoms with Gasteiger partial charge in [-0.15, -0.1) is 0 Å². The molecule has 0 saturated carbocycles. The Morgan fingerprint density at radius 2 is 2.15 bits per heavy atom. The number of rotatable bonds is 6. The Kier molecular flexibility index (Phi) is 4.53. The lowest BCUT2D eigenvalue weighted by Crippen LogP contribution is -2.27. The molecule has 2 aromatic rings. The zero-order valence-corrected chi connectivity index (χ0v) is 11.7. The molecule has 0 radical (unpaired) electrons. The van der Waals surface area contributed by atoms with Crippen LogP contribution in [0.25, 0.3) is 10.9 Å². The summed E-state index contributed by atoms with van der Waals surface area (Å²) in [5.41, 5.74) is 6.55. The SMILES string of the molecule is CC(C)NCCOc1cc(C(N)=O)c2ccccc2n1. The number of hydrogen-bond donors (Lipinski definition) is 2. The highest BCUT2D eigenvalue weighted by Crippen LogP contribution is 2.21. The standard InChI is InChI=1S/C15H19N3O2/c1-10(2)17-7-8-20-14-9-12(15(16)19)11-5-3-4-6-13(11)18-14/h3-6,9-10,17H,7-8H2,1-2H3,(H2,16,19). The molecule has 0 aliphatic carbocycles. The van der Waals surface area contributed by atoms with Crippen LogP contribution < -0.4 is 15.8 Å². The molecule has 1 aromatic carbocycles. The number of aromatic nitrogens is 1. The predicted molar refractivity (Wildman–Crippen MR) is 78.9 cm³/mol. The van der Waals surface area contributed by atoms with Crippen LogP contribution in [-0.4, -0.2) is 30.1 Å². The summed E-state index contributed by atoms with van der Waals surface area (Å²) in [6.07, 6.45) is 0. The molecule has 3 N–H and O–H groups in total. The van der Waals surface area contributed by atoms with Gasteiger partial charge in [0, 0.05) is 24.0 Å². The van der Waals surface area contributed by atoms with E-state index in [4.69, 9.17) is 10.5 Å². The molecule has 0 aliphatic rings. The molecular weight excluding hydrogens is 254 g/mol. The van der Waals surface area contributed by atoms with Crippen LogP contribution in [0.3, 0.4) is 0 Å². The second-order valence-electron chi connectivity index (χ2n) is 4.85. The van der Waals surface area contributed by atoms with Crippen LogP contribution in [0.5, 0.6) is 5.88 Å². The maximum Gasteiger partial charge on any atom is 0.249 e. The monoisotopic (exact) mass is 273 g/mol. The number of carbonyl (C=O) groups is 1. The van der Waals surface area contributed by atoms with Crippen molar-refractivity contribution in [3.63, 3.8) is 0 Å². The molecule has 0 spiro atoms. The van der Waals surface area contributed by atoms with E-state index in [9.17, 15) is 4.79 Å². The molecule has 0 unspecified atom stereocenters. The fourth-order valence-electron chi connectivity index (χ4n) is 1.93. The van der Waals surface area contributed by atoms with Crippen molar-refractivity contribution in [1.82, 2.24) is 10.3 Å². The number of para-hydroxylation sites is 1. The first kappa shape index (κ1) is 14.3. The summed E-state index contributed by atoms with van der Waals surface area (Å²) in [6.45, 7) is 5.35. The first-order chi connectivity index (χ1) is 9.58. The quantitative estimate of drug-likeness (QED) is 0.785. The van der Waals surface area contributed by atoms with Crippen LogP contribution in [0.15, 0.2) is 30.3 Å². The smallest absolute Gasteiger partial charge is 0.249 e. The highest BCUT2D eigenvalue weighted by atomic mass is 16.5. The number of nitrogens with zero attached hydrogens (tertiary/aromatic N) is 1. The van der Waals surface area contributed by atoms with Gasteiger partial charge in [-0.25, -0.2) is 4.98 Å².